The molecule has 0 fully saturated rings. The number of ether oxygens (including phenoxy) is 2. The van der Waals surface area contributed by atoms with Gasteiger partial charge in [-0.25, -0.2) is 15.8 Å². The van der Waals surface area contributed by atoms with E-state index in [1.54, 1.807) is 32.4 Å². The molecule has 0 unspecified atom stereocenters. The van der Waals surface area contributed by atoms with Gasteiger partial charge in [0, 0.05) is 24.9 Å². The lowest BCUT2D eigenvalue weighted by molar-refractivity contribution is 0.178. The molecule has 7 nitrogen and oxygen atoms in total. The van der Waals surface area contributed by atoms with E-state index in [1.807, 2.05) is 6.07 Å². The van der Waals surface area contributed by atoms with Gasteiger partial charge in [0.1, 0.15) is 24.0 Å². The Hall–Kier alpha value is -2.09. The lowest BCUT2D eigenvalue weighted by Gasteiger charge is -2.11. The van der Waals surface area contributed by atoms with E-state index in [9.17, 15) is 0 Å². The van der Waals surface area contributed by atoms with Crippen LogP contribution < -0.4 is 21.3 Å². The highest BCUT2D eigenvalue weighted by atomic mass is 35.5. The maximum Gasteiger partial charge on any atom is 0.158 e. The van der Waals surface area contributed by atoms with Gasteiger partial charge in [0.2, 0.25) is 0 Å². The highest BCUT2D eigenvalue weighted by Crippen LogP contribution is 2.28. The smallest absolute Gasteiger partial charge is 0.158 e. The Balaban J connectivity index is 2.27. The number of methoxy groups -OCH3 is 2. The minimum absolute atomic E-state index is 0.286. The Morgan fingerprint density at radius 3 is 2.62 bits per heavy atom. The van der Waals surface area contributed by atoms with Crippen LogP contribution in [0.3, 0.4) is 0 Å². The highest BCUT2D eigenvalue weighted by Gasteiger charge is 2.06. The second kappa shape index (κ2) is 7.07. The van der Waals surface area contributed by atoms with E-state index in [-0.39, 0.29) is 6.61 Å². The lowest BCUT2D eigenvalue weighted by atomic mass is 10.3. The highest BCUT2D eigenvalue weighted by molar-refractivity contribution is 6.32. The number of halogens is 1. The molecule has 8 heteroatoms. The molecule has 0 bridgehead atoms. The maximum absolute atomic E-state index is 5.99. The van der Waals surface area contributed by atoms with Gasteiger partial charge in [-0.1, -0.05) is 11.6 Å². The van der Waals surface area contributed by atoms with Gasteiger partial charge in [0.05, 0.1) is 12.1 Å². The van der Waals surface area contributed by atoms with Crippen molar-refractivity contribution in [3.8, 4) is 5.75 Å². The van der Waals surface area contributed by atoms with Gasteiger partial charge in [-0.2, -0.15) is 0 Å². The Labute approximate surface area is 127 Å². The number of aromatic nitrogens is 2. The number of nitrogen functional groups attached to an aromatic ring is 1. The van der Waals surface area contributed by atoms with Crippen LogP contribution in [0.4, 0.5) is 17.3 Å². The SMILES string of the molecule is COCc1nc(NN)cc(Nc2ccc(Cl)c(OC)c2)n1. The van der Waals surface area contributed by atoms with Crippen molar-refractivity contribution in [1.29, 1.82) is 0 Å². The van der Waals surface area contributed by atoms with E-state index in [0.717, 1.165) is 5.69 Å². The van der Waals surface area contributed by atoms with Crippen LogP contribution in [0.5, 0.6) is 5.75 Å². The van der Waals surface area contributed by atoms with Crippen LogP contribution in [-0.2, 0) is 11.3 Å². The van der Waals surface area contributed by atoms with E-state index in [2.05, 4.69) is 20.7 Å². The fourth-order valence-electron chi connectivity index (χ4n) is 1.71. The number of anilines is 3. The third kappa shape index (κ3) is 3.94. The first-order valence-electron chi connectivity index (χ1n) is 6.10. The summed E-state index contributed by atoms with van der Waals surface area (Å²) in [6.07, 6.45) is 0. The molecule has 1 aromatic heterocycles. The molecular weight excluding hydrogens is 294 g/mol. The molecule has 21 heavy (non-hydrogen) atoms. The third-order valence-corrected chi connectivity index (χ3v) is 2.93. The standard InChI is InChI=1S/C13H16ClN5O2/c1-20-7-13-17-11(6-12(18-13)19-15)16-8-3-4-9(14)10(5-8)21-2/h3-6H,7,15H2,1-2H3,(H2,16,17,18,19). The zero-order valence-electron chi connectivity index (χ0n) is 11.7. The van der Waals surface area contributed by atoms with E-state index in [1.165, 1.54) is 0 Å². The minimum Gasteiger partial charge on any atom is -0.495 e. The van der Waals surface area contributed by atoms with E-state index < -0.39 is 0 Å². The van der Waals surface area contributed by atoms with Crippen LogP contribution in [0.15, 0.2) is 24.3 Å². The van der Waals surface area contributed by atoms with Crippen molar-refractivity contribution >= 4 is 28.9 Å². The van der Waals surface area contributed by atoms with Crippen LogP contribution >= 0.6 is 11.6 Å². The molecule has 0 amide bonds. The van der Waals surface area contributed by atoms with Crippen LogP contribution in [0.2, 0.25) is 5.02 Å². The fraction of sp³-hybridized carbons (Fsp3) is 0.231. The number of nitrogens with one attached hydrogen (secondary N) is 2. The Morgan fingerprint density at radius 2 is 1.95 bits per heavy atom. The van der Waals surface area contributed by atoms with Crippen LogP contribution in [-0.4, -0.2) is 24.2 Å². The molecule has 0 aliphatic rings. The quantitative estimate of drug-likeness (QED) is 0.557. The van der Waals surface area contributed by atoms with Gasteiger partial charge in [-0.3, -0.25) is 0 Å². The normalized spacial score (nSPS) is 10.3. The van der Waals surface area contributed by atoms with Crippen LogP contribution in [0, 0.1) is 0 Å². The Kier molecular flexibility index (Phi) is 5.15. The van der Waals surface area contributed by atoms with Gasteiger partial charge < -0.3 is 20.2 Å². The molecule has 0 radical (unpaired) electrons. The van der Waals surface area contributed by atoms with Crippen molar-refractivity contribution in [3.05, 3.63) is 35.1 Å². The van der Waals surface area contributed by atoms with Gasteiger partial charge in [0.25, 0.3) is 0 Å². The molecule has 0 spiro atoms. The van der Waals surface area contributed by atoms with Crippen molar-refractivity contribution in [2.75, 3.05) is 25.0 Å². The second-order valence-electron chi connectivity index (χ2n) is 4.11. The summed E-state index contributed by atoms with van der Waals surface area (Å²) in [5.74, 6) is 7.55. The van der Waals surface area contributed by atoms with Crippen LogP contribution in [0.25, 0.3) is 0 Å². The summed E-state index contributed by atoms with van der Waals surface area (Å²) in [6, 6.07) is 7.01. The van der Waals surface area contributed by atoms with E-state index in [4.69, 9.17) is 26.9 Å². The third-order valence-electron chi connectivity index (χ3n) is 2.62. The van der Waals surface area contributed by atoms with Gasteiger partial charge in [-0.15, -0.1) is 0 Å². The molecule has 1 aromatic carbocycles. The molecule has 1 heterocycles. The molecule has 0 saturated carbocycles. The summed E-state index contributed by atoms with van der Waals surface area (Å²) in [4.78, 5) is 8.50. The van der Waals surface area contributed by atoms with E-state index in [0.29, 0.717) is 28.2 Å². The van der Waals surface area contributed by atoms with Crippen LogP contribution in [0.1, 0.15) is 5.82 Å². The molecule has 0 saturated heterocycles. The molecule has 112 valence electrons. The average molecular weight is 310 g/mol. The topological polar surface area (TPSA) is 94.3 Å². The van der Waals surface area contributed by atoms with Crippen molar-refractivity contribution in [1.82, 2.24) is 9.97 Å². The predicted molar refractivity (Wildman–Crippen MR) is 81.8 cm³/mol. The van der Waals surface area contributed by atoms with Gasteiger partial charge >= 0.3 is 0 Å². The van der Waals surface area contributed by atoms with Crippen molar-refractivity contribution in [2.24, 2.45) is 5.84 Å². The van der Waals surface area contributed by atoms with Gasteiger partial charge in [0.15, 0.2) is 5.82 Å². The van der Waals surface area contributed by atoms with Crippen molar-refractivity contribution < 1.29 is 9.47 Å². The summed E-state index contributed by atoms with van der Waals surface area (Å²) in [7, 11) is 3.13. The molecule has 0 aliphatic carbocycles. The summed E-state index contributed by atoms with van der Waals surface area (Å²) >= 11 is 5.99. The van der Waals surface area contributed by atoms with Crippen molar-refractivity contribution in [3.63, 3.8) is 0 Å². The summed E-state index contributed by atoms with van der Waals surface area (Å²) < 4.78 is 10.2. The van der Waals surface area contributed by atoms with Crippen molar-refractivity contribution in [2.45, 2.75) is 6.61 Å². The second-order valence-corrected chi connectivity index (χ2v) is 4.51. The number of rotatable bonds is 6. The first-order valence-corrected chi connectivity index (χ1v) is 6.48. The molecule has 2 rings (SSSR count). The summed E-state index contributed by atoms with van der Waals surface area (Å²) in [5.41, 5.74) is 3.27. The van der Waals surface area contributed by atoms with Gasteiger partial charge in [-0.05, 0) is 12.1 Å². The number of hydrogen-bond acceptors (Lipinski definition) is 7. The monoisotopic (exact) mass is 309 g/mol. The molecule has 0 aliphatic heterocycles. The number of benzene rings is 1. The Bertz CT molecular complexity index is 624. The van der Waals surface area contributed by atoms with E-state index >= 15 is 0 Å². The molecule has 4 N–H and O–H groups in total. The lowest BCUT2D eigenvalue weighted by Crippen LogP contribution is -2.11. The number of nitrogens with zero attached hydrogens (tertiary/aromatic N) is 2. The largest absolute Gasteiger partial charge is 0.495 e. The number of hydrogen-bond donors (Lipinski definition) is 3. The average Bonchev–Trinajstić information content (AvgIpc) is 2.49. The number of nitrogens with two attached hydrogens (primary N) is 1. The minimum atomic E-state index is 0.286. The summed E-state index contributed by atoms with van der Waals surface area (Å²) in [5, 5.41) is 3.68. The predicted octanol–water partition coefficient (Wildman–Crippen LogP) is 2.31. The first kappa shape index (κ1) is 15.3. The number of hydrazine groups is 1. The molecule has 0 atom stereocenters. The molecule has 2 aromatic rings. The Morgan fingerprint density at radius 1 is 1.19 bits per heavy atom. The zero-order chi connectivity index (χ0) is 15.2. The fourth-order valence-corrected chi connectivity index (χ4v) is 1.91. The molecular formula is C13H16ClN5O2. The summed E-state index contributed by atoms with van der Waals surface area (Å²) in [6.45, 7) is 0.286. The zero-order valence-corrected chi connectivity index (χ0v) is 12.4. The first-order chi connectivity index (χ1) is 10.2. The maximum atomic E-state index is 5.99.